The quantitative estimate of drug-likeness (QED) is 0.576. The van der Waals surface area contributed by atoms with E-state index in [1.54, 1.807) is 6.08 Å². The molecular formula is C10H10BrNO. The highest BCUT2D eigenvalue weighted by Crippen LogP contribution is 2.23. The van der Waals surface area contributed by atoms with Gasteiger partial charge in [0.25, 0.3) is 0 Å². The number of benzene rings is 1. The van der Waals surface area contributed by atoms with Crippen molar-refractivity contribution in [2.45, 2.75) is 19.9 Å². The second-order valence-corrected chi connectivity index (χ2v) is 3.81. The Labute approximate surface area is 85.8 Å². The first-order valence-electron chi connectivity index (χ1n) is 3.98. The standard InChI is InChI=1S/C10H10BrNO/c1-7-5-9(11)3-4-10(7)8(2)12-6-13/h3-5,8H,1-2H3. The minimum atomic E-state index is -0.106. The fraction of sp³-hybridized carbons (Fsp3) is 0.300. The number of halogens is 1. The number of hydrogen-bond acceptors (Lipinski definition) is 2. The molecule has 0 N–H and O–H groups in total. The number of aryl methyl sites for hydroxylation is 1. The molecule has 0 spiro atoms. The Morgan fingerprint density at radius 3 is 2.77 bits per heavy atom. The number of nitrogens with zero attached hydrogens (tertiary/aromatic N) is 1. The summed E-state index contributed by atoms with van der Waals surface area (Å²) < 4.78 is 1.04. The second kappa shape index (κ2) is 4.35. The molecule has 1 rings (SSSR count). The van der Waals surface area contributed by atoms with Gasteiger partial charge in [-0.15, -0.1) is 0 Å². The summed E-state index contributed by atoms with van der Waals surface area (Å²) in [6.07, 6.45) is 1.57. The highest BCUT2D eigenvalue weighted by Gasteiger charge is 2.06. The van der Waals surface area contributed by atoms with Crippen molar-refractivity contribution in [2.24, 2.45) is 4.99 Å². The number of isocyanates is 1. The van der Waals surface area contributed by atoms with E-state index < -0.39 is 0 Å². The number of aliphatic imine (C=N–C) groups is 1. The van der Waals surface area contributed by atoms with Crippen LogP contribution >= 0.6 is 15.9 Å². The Hall–Kier alpha value is -0.920. The maximum atomic E-state index is 10.1. The maximum absolute atomic E-state index is 10.1. The average Bonchev–Trinajstić information content (AvgIpc) is 2.04. The van der Waals surface area contributed by atoms with Crippen molar-refractivity contribution < 1.29 is 4.79 Å². The molecule has 0 fully saturated rings. The molecule has 0 aliphatic heterocycles. The Bertz CT molecular complexity index is 356. The predicted octanol–water partition coefficient (Wildman–Crippen LogP) is 3.15. The van der Waals surface area contributed by atoms with Gasteiger partial charge in [0.1, 0.15) is 0 Å². The zero-order chi connectivity index (χ0) is 9.84. The molecule has 1 atom stereocenters. The molecule has 0 heterocycles. The van der Waals surface area contributed by atoms with Crippen LogP contribution in [0.25, 0.3) is 0 Å². The minimum Gasteiger partial charge on any atom is -0.211 e. The van der Waals surface area contributed by atoms with Crippen molar-refractivity contribution in [3.8, 4) is 0 Å². The predicted molar refractivity (Wildman–Crippen MR) is 55.4 cm³/mol. The molecule has 0 saturated heterocycles. The first-order chi connectivity index (χ1) is 6.15. The smallest absolute Gasteiger partial charge is 0.211 e. The first-order valence-corrected chi connectivity index (χ1v) is 4.77. The van der Waals surface area contributed by atoms with Crippen LogP contribution in [0, 0.1) is 6.92 Å². The molecule has 68 valence electrons. The maximum Gasteiger partial charge on any atom is 0.235 e. The van der Waals surface area contributed by atoms with Gasteiger partial charge in [0.15, 0.2) is 0 Å². The summed E-state index contributed by atoms with van der Waals surface area (Å²) in [5, 5.41) is 0. The van der Waals surface area contributed by atoms with Gasteiger partial charge in [0.05, 0.1) is 6.04 Å². The van der Waals surface area contributed by atoms with Gasteiger partial charge in [0.2, 0.25) is 6.08 Å². The molecule has 0 aromatic heterocycles. The molecule has 1 unspecified atom stereocenters. The van der Waals surface area contributed by atoms with E-state index >= 15 is 0 Å². The molecule has 0 radical (unpaired) electrons. The summed E-state index contributed by atoms with van der Waals surface area (Å²) in [5.41, 5.74) is 2.19. The van der Waals surface area contributed by atoms with Crippen LogP contribution in [0.15, 0.2) is 27.7 Å². The largest absolute Gasteiger partial charge is 0.235 e. The lowest BCUT2D eigenvalue weighted by molar-refractivity contribution is 0.559. The minimum absolute atomic E-state index is 0.106. The Morgan fingerprint density at radius 1 is 1.54 bits per heavy atom. The molecule has 1 aromatic rings. The van der Waals surface area contributed by atoms with E-state index in [9.17, 15) is 4.79 Å². The van der Waals surface area contributed by atoms with Gasteiger partial charge in [-0.2, -0.15) is 4.99 Å². The van der Waals surface area contributed by atoms with Crippen molar-refractivity contribution in [1.82, 2.24) is 0 Å². The molecule has 0 aliphatic rings. The Kier molecular flexibility index (Phi) is 3.40. The van der Waals surface area contributed by atoms with E-state index in [4.69, 9.17) is 0 Å². The molecule has 13 heavy (non-hydrogen) atoms. The van der Waals surface area contributed by atoms with Crippen molar-refractivity contribution in [3.63, 3.8) is 0 Å². The van der Waals surface area contributed by atoms with Crippen LogP contribution < -0.4 is 0 Å². The third kappa shape index (κ3) is 2.51. The van der Waals surface area contributed by atoms with Gasteiger partial charge in [-0.3, -0.25) is 0 Å². The normalized spacial score (nSPS) is 11.9. The fourth-order valence-corrected chi connectivity index (χ4v) is 1.73. The highest BCUT2D eigenvalue weighted by molar-refractivity contribution is 9.10. The summed E-state index contributed by atoms with van der Waals surface area (Å²) in [7, 11) is 0. The monoisotopic (exact) mass is 239 g/mol. The highest BCUT2D eigenvalue weighted by atomic mass is 79.9. The summed E-state index contributed by atoms with van der Waals surface area (Å²) in [4.78, 5) is 13.7. The summed E-state index contributed by atoms with van der Waals surface area (Å²) in [6, 6.07) is 5.81. The van der Waals surface area contributed by atoms with Gasteiger partial charge in [-0.05, 0) is 37.1 Å². The Balaban J connectivity index is 3.08. The third-order valence-corrected chi connectivity index (χ3v) is 2.42. The Morgan fingerprint density at radius 2 is 2.23 bits per heavy atom. The number of hydrogen-bond donors (Lipinski definition) is 0. The van der Waals surface area contributed by atoms with Crippen LogP contribution in [-0.4, -0.2) is 6.08 Å². The van der Waals surface area contributed by atoms with Crippen molar-refractivity contribution in [2.75, 3.05) is 0 Å². The summed E-state index contributed by atoms with van der Waals surface area (Å²) >= 11 is 3.38. The van der Waals surface area contributed by atoms with Crippen LogP contribution in [0.3, 0.4) is 0 Å². The second-order valence-electron chi connectivity index (χ2n) is 2.90. The number of rotatable bonds is 2. The molecule has 0 amide bonds. The lowest BCUT2D eigenvalue weighted by Gasteiger charge is -2.08. The summed E-state index contributed by atoms with van der Waals surface area (Å²) in [5.74, 6) is 0. The van der Waals surface area contributed by atoms with E-state index in [-0.39, 0.29) is 6.04 Å². The lowest BCUT2D eigenvalue weighted by Crippen LogP contribution is -1.92. The van der Waals surface area contributed by atoms with Crippen LogP contribution in [-0.2, 0) is 4.79 Å². The van der Waals surface area contributed by atoms with Crippen LogP contribution in [0.2, 0.25) is 0 Å². The van der Waals surface area contributed by atoms with Crippen molar-refractivity contribution >= 4 is 22.0 Å². The SMILES string of the molecule is Cc1cc(Br)ccc1C(C)N=C=O. The van der Waals surface area contributed by atoms with Crippen LogP contribution in [0.1, 0.15) is 24.1 Å². The van der Waals surface area contributed by atoms with E-state index in [2.05, 4.69) is 20.9 Å². The average molecular weight is 240 g/mol. The molecule has 0 bridgehead atoms. The molecular weight excluding hydrogens is 230 g/mol. The molecule has 0 saturated carbocycles. The van der Waals surface area contributed by atoms with E-state index in [0.717, 1.165) is 15.6 Å². The number of carbonyl (C=O) groups excluding carboxylic acids is 1. The molecule has 2 nitrogen and oxygen atoms in total. The van der Waals surface area contributed by atoms with Gasteiger partial charge < -0.3 is 0 Å². The molecule has 1 aromatic carbocycles. The van der Waals surface area contributed by atoms with Gasteiger partial charge >= 0.3 is 0 Å². The molecule has 0 aliphatic carbocycles. The van der Waals surface area contributed by atoms with Crippen LogP contribution in [0.5, 0.6) is 0 Å². The summed E-state index contributed by atoms with van der Waals surface area (Å²) in [6.45, 7) is 3.87. The van der Waals surface area contributed by atoms with E-state index in [0.29, 0.717) is 0 Å². The third-order valence-electron chi connectivity index (χ3n) is 1.93. The molecule has 3 heteroatoms. The van der Waals surface area contributed by atoms with Gasteiger partial charge in [0, 0.05) is 4.47 Å². The van der Waals surface area contributed by atoms with Crippen molar-refractivity contribution in [1.29, 1.82) is 0 Å². The van der Waals surface area contributed by atoms with Gasteiger partial charge in [-0.1, -0.05) is 22.0 Å². The lowest BCUT2D eigenvalue weighted by atomic mass is 10.0. The zero-order valence-electron chi connectivity index (χ0n) is 7.54. The van der Waals surface area contributed by atoms with E-state index in [1.165, 1.54) is 0 Å². The topological polar surface area (TPSA) is 29.4 Å². The van der Waals surface area contributed by atoms with E-state index in [1.807, 2.05) is 32.0 Å². The fourth-order valence-electron chi connectivity index (χ4n) is 1.26. The first kappa shape index (κ1) is 10.2. The van der Waals surface area contributed by atoms with Gasteiger partial charge in [-0.25, -0.2) is 4.79 Å². The zero-order valence-corrected chi connectivity index (χ0v) is 9.13. The van der Waals surface area contributed by atoms with Crippen molar-refractivity contribution in [3.05, 3.63) is 33.8 Å². The van der Waals surface area contributed by atoms with Crippen LogP contribution in [0.4, 0.5) is 0 Å².